The molecule has 0 bridgehead atoms. The third-order valence-corrected chi connectivity index (χ3v) is 11.9. The Balaban J connectivity index is 0.000000348. The molecule has 66 heavy (non-hydrogen) atoms. The van der Waals surface area contributed by atoms with E-state index in [1.807, 2.05) is 41.9 Å². The maximum atomic E-state index is 12.4. The molecule has 12 heteroatoms. The third kappa shape index (κ3) is 18.8. The van der Waals surface area contributed by atoms with Crippen LogP contribution in [0.4, 0.5) is 13.2 Å². The second-order valence-electron chi connectivity index (χ2n) is 15.5. The van der Waals surface area contributed by atoms with Crippen molar-refractivity contribution in [3.8, 4) is 22.8 Å². The minimum absolute atomic E-state index is 0.0962. The summed E-state index contributed by atoms with van der Waals surface area (Å²) >= 11 is 3.55. The Morgan fingerprint density at radius 2 is 1.11 bits per heavy atom. The number of nitrogens with one attached hydrogen (secondary N) is 2. The molecule has 0 unspecified atom stereocenters. The van der Waals surface area contributed by atoms with Crippen molar-refractivity contribution >= 4 is 62.8 Å². The maximum absolute atomic E-state index is 12.4. The number of pyridine rings is 4. The molecule has 0 aromatic carbocycles. The van der Waals surface area contributed by atoms with Gasteiger partial charge >= 0.3 is 33.2 Å². The van der Waals surface area contributed by atoms with Crippen LogP contribution in [0, 0.1) is 5.41 Å². The van der Waals surface area contributed by atoms with Gasteiger partial charge < -0.3 is 5.73 Å². The van der Waals surface area contributed by atoms with Gasteiger partial charge in [-0.05, 0) is 146 Å². The van der Waals surface area contributed by atoms with Crippen LogP contribution in [0.2, 0.25) is 0 Å². The molecule has 5 aromatic heterocycles. The molecule has 0 saturated carbocycles. The summed E-state index contributed by atoms with van der Waals surface area (Å²) in [6.07, 6.45) is 23.9. The number of hydrogen-bond acceptors (Lipinski definition) is 6. The molecule has 0 saturated heterocycles. The number of aryl methyl sites for hydroxylation is 1. The SMILES string of the molecule is CCC(=Cc1ccnc(-c2cc(C=C(CC)CC)cc(-c3cc(C=C(CC)CC)ccn3)n2)c1)CC.CCCCCCc1ccc(/C=C/c2ccnc(/C([NH-])=C/C(=N)C(F)(F)F)c2)s1.[Cl][Ru+]. The number of unbranched alkanes of at least 4 members (excludes halogenated alkanes) is 3. The van der Waals surface area contributed by atoms with E-state index in [2.05, 4.69) is 130 Å². The van der Waals surface area contributed by atoms with Crippen LogP contribution in [-0.4, -0.2) is 31.8 Å². The topological polar surface area (TPSA) is 99.2 Å². The van der Waals surface area contributed by atoms with E-state index >= 15 is 0 Å². The average Bonchev–Trinajstić information content (AvgIpc) is 3.80. The zero-order valence-corrected chi connectivity index (χ0v) is 42.6. The summed E-state index contributed by atoms with van der Waals surface area (Å²) in [6.45, 7) is 15.5. The van der Waals surface area contributed by atoms with E-state index in [4.69, 9.17) is 26.1 Å². The van der Waals surface area contributed by atoms with E-state index in [0.29, 0.717) is 6.08 Å². The molecule has 6 nitrogen and oxygen atoms in total. The van der Waals surface area contributed by atoms with Gasteiger partial charge in [-0.25, -0.2) is 4.98 Å². The Bertz CT molecular complexity index is 2350. The number of halogens is 4. The summed E-state index contributed by atoms with van der Waals surface area (Å²) in [5.74, 6) is 0. The molecule has 0 spiro atoms. The zero-order valence-electron chi connectivity index (χ0n) is 39.3. The van der Waals surface area contributed by atoms with E-state index in [9.17, 15) is 13.2 Å². The number of nitrogens with zero attached hydrogens (tertiary/aromatic N) is 4. The number of rotatable bonds is 20. The summed E-state index contributed by atoms with van der Waals surface area (Å²) in [5, 5.41) is 6.98. The van der Waals surface area contributed by atoms with Crippen LogP contribution in [-0.2, 0) is 23.7 Å². The van der Waals surface area contributed by atoms with E-state index in [1.54, 1.807) is 17.4 Å². The Hall–Kier alpha value is -4.83. The van der Waals surface area contributed by atoms with Crippen LogP contribution in [0.3, 0.4) is 0 Å². The molecule has 0 aliphatic heterocycles. The minimum atomic E-state index is -4.77. The monoisotopic (exact) mass is 1020 g/mol. The second-order valence-corrected chi connectivity index (χ2v) is 16.7. The van der Waals surface area contributed by atoms with Crippen LogP contribution in [0.5, 0.6) is 0 Å². The van der Waals surface area contributed by atoms with E-state index in [-0.39, 0.29) is 5.69 Å². The molecule has 0 radical (unpaired) electrons. The molecule has 5 heterocycles. The summed E-state index contributed by atoms with van der Waals surface area (Å²) in [6, 6.07) is 20.2. The van der Waals surface area contributed by atoms with E-state index < -0.39 is 17.6 Å². The van der Waals surface area contributed by atoms with Gasteiger partial charge in [0.1, 0.15) is 5.71 Å². The van der Waals surface area contributed by atoms with Crippen molar-refractivity contribution in [2.24, 2.45) is 0 Å². The van der Waals surface area contributed by atoms with Gasteiger partial charge in [-0.1, -0.05) is 109 Å². The van der Waals surface area contributed by atoms with Crippen molar-refractivity contribution < 1.29 is 30.5 Å². The van der Waals surface area contributed by atoms with Gasteiger partial charge in [0.25, 0.3) is 0 Å². The van der Waals surface area contributed by atoms with Crippen molar-refractivity contribution in [3.05, 3.63) is 145 Å². The number of aromatic nitrogens is 4. The van der Waals surface area contributed by atoms with Crippen molar-refractivity contribution in [3.63, 3.8) is 0 Å². The third-order valence-electron chi connectivity index (χ3n) is 10.8. The average molecular weight is 1020 g/mol. The van der Waals surface area contributed by atoms with Gasteiger partial charge in [-0.15, -0.1) is 17.0 Å². The van der Waals surface area contributed by atoms with Crippen LogP contribution in [0.15, 0.2) is 102 Å². The first-order chi connectivity index (χ1) is 31.8. The normalized spacial score (nSPS) is 11.2. The molecule has 0 aliphatic rings. The van der Waals surface area contributed by atoms with Crippen molar-refractivity contribution in [2.45, 2.75) is 125 Å². The first-order valence-electron chi connectivity index (χ1n) is 22.8. The molecule has 0 fully saturated rings. The van der Waals surface area contributed by atoms with Crippen molar-refractivity contribution in [1.29, 1.82) is 5.41 Å². The van der Waals surface area contributed by atoms with Crippen LogP contribution < -0.4 is 0 Å². The summed E-state index contributed by atoms with van der Waals surface area (Å²) in [4.78, 5) is 20.8. The van der Waals surface area contributed by atoms with Gasteiger partial charge in [0.15, 0.2) is 0 Å². The summed E-state index contributed by atoms with van der Waals surface area (Å²) in [5.41, 5.74) is 17.9. The fourth-order valence-electron chi connectivity index (χ4n) is 6.84. The number of allylic oxidation sites excluding steroid dienone is 4. The van der Waals surface area contributed by atoms with Crippen LogP contribution in [0.1, 0.15) is 150 Å². The number of alkyl halides is 3. The molecular formula is C54H64ClF3N6RuS. The fraction of sp³-hybridized carbons (Fsp3) is 0.352. The zero-order chi connectivity index (χ0) is 48.5. The Morgan fingerprint density at radius 1 is 0.621 bits per heavy atom. The predicted octanol–water partition coefficient (Wildman–Crippen LogP) is 17.9. The molecule has 352 valence electrons. The Labute approximate surface area is 409 Å². The van der Waals surface area contributed by atoms with Crippen molar-refractivity contribution in [2.75, 3.05) is 0 Å². The van der Waals surface area contributed by atoms with Gasteiger partial charge in [-0.3, -0.25) is 20.4 Å². The quantitative estimate of drug-likeness (QED) is 0.0477. The first kappa shape index (κ1) is 55.5. The van der Waals surface area contributed by atoms with E-state index in [1.165, 1.54) is 70.7 Å². The number of thiophene rings is 1. The van der Waals surface area contributed by atoms with Gasteiger partial charge in [-0.2, -0.15) is 13.2 Å². The van der Waals surface area contributed by atoms with Crippen LogP contribution in [0.25, 0.3) is 64.6 Å². The molecule has 0 aliphatic carbocycles. The first-order valence-corrected chi connectivity index (χ1v) is 25.9. The standard InChI is InChI=1S/C33H41N3.C21H23F3N3S.ClH.Ru/c1-7-24(8-2)17-27-13-15-34-30(20-27)32-22-29(19-26(11-5)12-6)23-33(36-32)31-21-28(14-16-35-31)18-25(9-3)10-4;1-2-3-4-5-6-16-9-10-17(28-16)8-7-15-11-12-27-19(13-15)18(25)14-20(26)21(22,23)24;;/h13-23H,7-12H2,1-6H3;7-14,25-26H,2-6H2,1H3;1H;/q;-1;;+2/p-1/b;8-7+,18-14-,26-20?;;. The molecule has 5 aromatic rings. The molecule has 0 atom stereocenters. The fourth-order valence-corrected chi connectivity index (χ4v) is 7.80. The second kappa shape index (κ2) is 29.7. The molecule has 2 N–H and O–H groups in total. The Morgan fingerprint density at radius 3 is 1.61 bits per heavy atom. The summed E-state index contributed by atoms with van der Waals surface area (Å²) in [7, 11) is 4.57. The number of hydrogen-bond donors (Lipinski definition) is 1. The molecule has 0 amide bonds. The Kier molecular flexibility index (Phi) is 25.0. The van der Waals surface area contributed by atoms with Gasteiger partial charge in [0, 0.05) is 34.0 Å². The molecular weight excluding hydrogens is 958 g/mol. The van der Waals surface area contributed by atoms with Crippen LogP contribution >= 0.6 is 21.0 Å². The van der Waals surface area contributed by atoms with Gasteiger partial charge in [0.2, 0.25) is 0 Å². The molecule has 5 rings (SSSR count). The van der Waals surface area contributed by atoms with Gasteiger partial charge in [0.05, 0.1) is 22.8 Å². The predicted molar refractivity (Wildman–Crippen MR) is 274 cm³/mol. The van der Waals surface area contributed by atoms with Crippen molar-refractivity contribution in [1.82, 2.24) is 19.9 Å². The van der Waals surface area contributed by atoms with E-state index in [0.717, 1.165) is 83.7 Å². The summed E-state index contributed by atoms with van der Waals surface area (Å²) < 4.78 is 37.3.